The van der Waals surface area contributed by atoms with Crippen molar-refractivity contribution in [3.8, 4) is 0 Å². The standard InChI is InChI=1S/C12H18N2O4/c1-8-9(2)18-10(13-8)7-11(15)14(3)6-4-5-12(16)17/h4-7H2,1-3H3,(H,16,17). The van der Waals surface area contributed by atoms with Crippen LogP contribution < -0.4 is 0 Å². The first kappa shape index (κ1) is 14.2. The van der Waals surface area contributed by atoms with Crippen molar-refractivity contribution in [3.63, 3.8) is 0 Å². The summed E-state index contributed by atoms with van der Waals surface area (Å²) in [5.74, 6) is 0.142. The van der Waals surface area contributed by atoms with Crippen LogP contribution in [0.2, 0.25) is 0 Å². The number of likely N-dealkylation sites (N-methyl/N-ethyl adjacent to an activating group) is 1. The topological polar surface area (TPSA) is 83.6 Å². The number of carbonyl (C=O) groups is 2. The van der Waals surface area contributed by atoms with Crippen LogP contribution in [0, 0.1) is 13.8 Å². The van der Waals surface area contributed by atoms with Crippen molar-refractivity contribution in [2.45, 2.75) is 33.1 Å². The number of carboxylic acid groups (broad SMARTS) is 1. The van der Waals surface area contributed by atoms with Crippen molar-refractivity contribution in [1.29, 1.82) is 0 Å². The number of aryl methyl sites for hydroxylation is 2. The summed E-state index contributed by atoms with van der Waals surface area (Å²) in [6, 6.07) is 0. The second-order valence-corrected chi connectivity index (χ2v) is 4.24. The number of carbonyl (C=O) groups excluding carboxylic acids is 1. The maximum atomic E-state index is 11.8. The Hall–Kier alpha value is -1.85. The third-order valence-electron chi connectivity index (χ3n) is 2.69. The molecular weight excluding hydrogens is 236 g/mol. The molecule has 0 bridgehead atoms. The molecule has 6 nitrogen and oxygen atoms in total. The molecule has 0 aliphatic rings. The Balaban J connectivity index is 2.42. The lowest BCUT2D eigenvalue weighted by atomic mass is 10.3. The summed E-state index contributed by atoms with van der Waals surface area (Å²) < 4.78 is 5.33. The zero-order valence-corrected chi connectivity index (χ0v) is 10.9. The van der Waals surface area contributed by atoms with E-state index in [9.17, 15) is 9.59 Å². The van der Waals surface area contributed by atoms with E-state index in [1.165, 1.54) is 4.90 Å². The zero-order chi connectivity index (χ0) is 13.7. The first-order valence-corrected chi connectivity index (χ1v) is 5.79. The summed E-state index contributed by atoms with van der Waals surface area (Å²) in [6.45, 7) is 4.04. The van der Waals surface area contributed by atoms with Gasteiger partial charge in [-0.3, -0.25) is 9.59 Å². The summed E-state index contributed by atoms with van der Waals surface area (Å²) in [7, 11) is 1.65. The van der Waals surface area contributed by atoms with Gasteiger partial charge >= 0.3 is 5.97 Å². The van der Waals surface area contributed by atoms with Crippen molar-refractivity contribution < 1.29 is 19.1 Å². The van der Waals surface area contributed by atoms with E-state index >= 15 is 0 Å². The molecule has 1 N–H and O–H groups in total. The van der Waals surface area contributed by atoms with Crippen LogP contribution in [0.25, 0.3) is 0 Å². The molecule has 0 aliphatic heterocycles. The molecule has 1 rings (SSSR count). The van der Waals surface area contributed by atoms with Gasteiger partial charge in [-0.05, 0) is 20.3 Å². The summed E-state index contributed by atoms with van der Waals surface area (Å²) in [6.07, 6.45) is 0.619. The molecule has 0 aliphatic carbocycles. The molecule has 6 heteroatoms. The third-order valence-corrected chi connectivity index (χ3v) is 2.69. The second kappa shape index (κ2) is 6.18. The fourth-order valence-corrected chi connectivity index (χ4v) is 1.47. The van der Waals surface area contributed by atoms with Gasteiger partial charge < -0.3 is 14.4 Å². The monoisotopic (exact) mass is 254 g/mol. The molecule has 0 saturated carbocycles. The van der Waals surface area contributed by atoms with Crippen molar-refractivity contribution in [2.75, 3.05) is 13.6 Å². The third kappa shape index (κ3) is 4.20. The van der Waals surface area contributed by atoms with E-state index < -0.39 is 5.97 Å². The minimum atomic E-state index is -0.852. The zero-order valence-electron chi connectivity index (χ0n) is 10.9. The Kier molecular flexibility index (Phi) is 4.88. The minimum absolute atomic E-state index is 0.0643. The van der Waals surface area contributed by atoms with Gasteiger partial charge in [0.15, 0.2) is 0 Å². The average Bonchev–Trinajstić information content (AvgIpc) is 2.57. The summed E-state index contributed by atoms with van der Waals surface area (Å²) in [5, 5.41) is 8.51. The fourth-order valence-electron chi connectivity index (χ4n) is 1.47. The lowest BCUT2D eigenvalue weighted by molar-refractivity contribution is -0.138. The highest BCUT2D eigenvalue weighted by Crippen LogP contribution is 2.09. The highest BCUT2D eigenvalue weighted by molar-refractivity contribution is 5.77. The van der Waals surface area contributed by atoms with Crippen LogP contribution >= 0.6 is 0 Å². The van der Waals surface area contributed by atoms with Crippen molar-refractivity contribution >= 4 is 11.9 Å². The lowest BCUT2D eigenvalue weighted by Crippen LogP contribution is -2.29. The molecule has 1 aromatic rings. The van der Waals surface area contributed by atoms with E-state index in [1.807, 2.05) is 6.92 Å². The number of oxazole rings is 1. The number of rotatable bonds is 6. The molecule has 1 amide bonds. The SMILES string of the molecule is Cc1nc(CC(=O)N(C)CCCC(=O)O)oc1C. The predicted molar refractivity (Wildman–Crippen MR) is 64.2 cm³/mol. The maximum Gasteiger partial charge on any atom is 0.303 e. The van der Waals surface area contributed by atoms with Gasteiger partial charge in [0.2, 0.25) is 11.8 Å². The van der Waals surface area contributed by atoms with E-state index in [-0.39, 0.29) is 18.7 Å². The van der Waals surface area contributed by atoms with E-state index in [0.29, 0.717) is 24.6 Å². The van der Waals surface area contributed by atoms with Gasteiger partial charge in [-0.1, -0.05) is 0 Å². The molecule has 0 atom stereocenters. The molecular formula is C12H18N2O4. The maximum absolute atomic E-state index is 11.8. The second-order valence-electron chi connectivity index (χ2n) is 4.24. The molecule has 0 saturated heterocycles. The summed E-state index contributed by atoms with van der Waals surface area (Å²) >= 11 is 0. The fraction of sp³-hybridized carbons (Fsp3) is 0.583. The molecule has 18 heavy (non-hydrogen) atoms. The minimum Gasteiger partial charge on any atom is -0.481 e. The lowest BCUT2D eigenvalue weighted by Gasteiger charge is -2.15. The van der Waals surface area contributed by atoms with Crippen LogP contribution in [0.4, 0.5) is 0 Å². The number of aromatic nitrogens is 1. The molecule has 0 unspecified atom stereocenters. The molecule has 1 aromatic heterocycles. The quantitative estimate of drug-likeness (QED) is 0.823. The van der Waals surface area contributed by atoms with E-state index in [4.69, 9.17) is 9.52 Å². The summed E-state index contributed by atoms with van der Waals surface area (Å²) in [4.78, 5) is 27.8. The van der Waals surface area contributed by atoms with E-state index in [1.54, 1.807) is 14.0 Å². The van der Waals surface area contributed by atoms with Gasteiger partial charge in [-0.15, -0.1) is 0 Å². The first-order chi connectivity index (χ1) is 8.40. The molecule has 1 heterocycles. The van der Waals surface area contributed by atoms with Gasteiger partial charge in [0.25, 0.3) is 0 Å². The van der Waals surface area contributed by atoms with Crippen LogP contribution in [-0.4, -0.2) is 40.5 Å². The van der Waals surface area contributed by atoms with Gasteiger partial charge in [0.1, 0.15) is 12.2 Å². The Morgan fingerprint density at radius 2 is 2.06 bits per heavy atom. The summed E-state index contributed by atoms with van der Waals surface area (Å²) in [5.41, 5.74) is 0.784. The highest BCUT2D eigenvalue weighted by atomic mass is 16.4. The molecule has 0 radical (unpaired) electrons. The Labute approximate surface area is 106 Å². The number of aliphatic carboxylic acids is 1. The molecule has 0 fully saturated rings. The van der Waals surface area contributed by atoms with Crippen LogP contribution in [0.5, 0.6) is 0 Å². The normalized spacial score (nSPS) is 10.4. The van der Waals surface area contributed by atoms with Crippen molar-refractivity contribution in [2.24, 2.45) is 0 Å². The van der Waals surface area contributed by atoms with Gasteiger partial charge in [-0.25, -0.2) is 4.98 Å². The van der Waals surface area contributed by atoms with E-state index in [2.05, 4.69) is 4.98 Å². The predicted octanol–water partition coefficient (Wildman–Crippen LogP) is 1.16. The molecule has 0 aromatic carbocycles. The Morgan fingerprint density at radius 1 is 1.39 bits per heavy atom. The van der Waals surface area contributed by atoms with E-state index in [0.717, 1.165) is 5.69 Å². The van der Waals surface area contributed by atoms with Gasteiger partial charge in [-0.2, -0.15) is 0 Å². The highest BCUT2D eigenvalue weighted by Gasteiger charge is 2.14. The average molecular weight is 254 g/mol. The number of hydrogen-bond acceptors (Lipinski definition) is 4. The Bertz CT molecular complexity index is 420. The van der Waals surface area contributed by atoms with Crippen LogP contribution in [-0.2, 0) is 16.0 Å². The number of hydrogen-bond donors (Lipinski definition) is 1. The van der Waals surface area contributed by atoms with Gasteiger partial charge in [0, 0.05) is 20.0 Å². The van der Waals surface area contributed by atoms with Gasteiger partial charge in [0.05, 0.1) is 5.69 Å². The van der Waals surface area contributed by atoms with Crippen LogP contribution in [0.1, 0.15) is 30.2 Å². The number of carboxylic acids is 1. The van der Waals surface area contributed by atoms with Crippen molar-refractivity contribution in [1.82, 2.24) is 9.88 Å². The van der Waals surface area contributed by atoms with Crippen LogP contribution in [0.15, 0.2) is 4.42 Å². The Morgan fingerprint density at radius 3 is 2.56 bits per heavy atom. The van der Waals surface area contributed by atoms with Crippen molar-refractivity contribution in [3.05, 3.63) is 17.3 Å². The van der Waals surface area contributed by atoms with Crippen LogP contribution in [0.3, 0.4) is 0 Å². The molecule has 100 valence electrons. The smallest absolute Gasteiger partial charge is 0.303 e. The number of nitrogens with zero attached hydrogens (tertiary/aromatic N) is 2. The largest absolute Gasteiger partial charge is 0.481 e. The number of amides is 1. The first-order valence-electron chi connectivity index (χ1n) is 5.79. The molecule has 0 spiro atoms.